The average Bonchev–Trinajstić information content (AvgIpc) is 2.54. The van der Waals surface area contributed by atoms with Gasteiger partial charge in [0.1, 0.15) is 5.75 Å². The summed E-state index contributed by atoms with van der Waals surface area (Å²) in [4.78, 5) is 13.8. The number of halogens is 1. The van der Waals surface area contributed by atoms with Gasteiger partial charge < -0.3 is 9.64 Å². The lowest BCUT2D eigenvalue weighted by molar-refractivity contribution is -0.134. The molecule has 0 atom stereocenters. The molecule has 0 unspecified atom stereocenters. The summed E-state index contributed by atoms with van der Waals surface area (Å²) in [5.41, 5.74) is 0. The quantitative estimate of drug-likeness (QED) is 0.820. The minimum Gasteiger partial charge on any atom is -0.484 e. The van der Waals surface area contributed by atoms with Crippen molar-refractivity contribution in [2.45, 2.75) is 25.0 Å². The Morgan fingerprint density at radius 2 is 1.86 bits per heavy atom. The Balaban J connectivity index is 1.81. The normalized spacial score (nSPS) is 16.5. The lowest BCUT2D eigenvalue weighted by atomic mass is 10.1. The number of rotatable bonds is 5. The van der Waals surface area contributed by atoms with E-state index in [2.05, 4.69) is 0 Å². The van der Waals surface area contributed by atoms with Crippen LogP contribution < -0.4 is 4.74 Å². The first kappa shape index (κ1) is 17.1. The number of nitrogens with zero attached hydrogens (tertiary/aromatic N) is 1. The Hall–Kier alpha value is -1.27. The maximum Gasteiger partial charge on any atom is 0.260 e. The summed E-state index contributed by atoms with van der Waals surface area (Å²) in [6.07, 6.45) is 1.01. The van der Waals surface area contributed by atoms with Crippen LogP contribution in [0.3, 0.4) is 0 Å². The molecule has 0 N–H and O–H groups in total. The summed E-state index contributed by atoms with van der Waals surface area (Å²) in [6, 6.07) is 6.80. The van der Waals surface area contributed by atoms with Gasteiger partial charge in [0.25, 0.3) is 5.91 Å². The first-order valence-corrected chi connectivity index (χ1v) is 9.39. The molecular weight excluding hydrogens is 326 g/mol. The van der Waals surface area contributed by atoms with E-state index >= 15 is 0 Å². The highest BCUT2D eigenvalue weighted by atomic mass is 35.5. The number of benzene rings is 1. The van der Waals surface area contributed by atoms with Crippen molar-refractivity contribution < 1.29 is 17.9 Å². The van der Waals surface area contributed by atoms with Crippen LogP contribution >= 0.6 is 11.6 Å². The summed E-state index contributed by atoms with van der Waals surface area (Å²) in [6.45, 7) is 2.54. The number of hydrogen-bond donors (Lipinski definition) is 0. The zero-order chi connectivity index (χ0) is 16.2. The van der Waals surface area contributed by atoms with Gasteiger partial charge in [-0.1, -0.05) is 18.5 Å². The number of likely N-dealkylation sites (tertiary alicyclic amines) is 1. The average molecular weight is 346 g/mol. The molecule has 1 aromatic carbocycles. The minimum atomic E-state index is -3.01. The molecule has 5 nitrogen and oxygen atoms in total. The van der Waals surface area contributed by atoms with Gasteiger partial charge in [-0.05, 0) is 37.1 Å². The second-order valence-electron chi connectivity index (χ2n) is 5.27. The zero-order valence-corrected chi connectivity index (χ0v) is 14.1. The third kappa shape index (κ3) is 4.36. The van der Waals surface area contributed by atoms with Gasteiger partial charge >= 0.3 is 0 Å². The SMILES string of the molecule is CCS(=O)(=O)C1CCN(C(=O)COc2ccc(Cl)cc2)CC1. The molecule has 7 heteroatoms. The van der Waals surface area contributed by atoms with E-state index in [0.717, 1.165) is 0 Å². The van der Waals surface area contributed by atoms with Crippen LogP contribution in [-0.4, -0.2) is 49.9 Å². The van der Waals surface area contributed by atoms with Gasteiger partial charge in [-0.25, -0.2) is 8.42 Å². The molecule has 1 saturated heterocycles. The van der Waals surface area contributed by atoms with Crippen LogP contribution in [0.5, 0.6) is 5.75 Å². The van der Waals surface area contributed by atoms with E-state index in [9.17, 15) is 13.2 Å². The van der Waals surface area contributed by atoms with Gasteiger partial charge in [-0.15, -0.1) is 0 Å². The monoisotopic (exact) mass is 345 g/mol. The number of hydrogen-bond acceptors (Lipinski definition) is 4. The van der Waals surface area contributed by atoms with E-state index in [1.54, 1.807) is 36.1 Å². The molecule has 0 saturated carbocycles. The Kier molecular flexibility index (Phi) is 5.69. The first-order chi connectivity index (χ1) is 10.4. The first-order valence-electron chi connectivity index (χ1n) is 7.30. The van der Waals surface area contributed by atoms with Crippen molar-refractivity contribution in [1.82, 2.24) is 4.90 Å². The molecule has 0 spiro atoms. The van der Waals surface area contributed by atoms with E-state index in [1.165, 1.54) is 0 Å². The molecule has 1 aliphatic heterocycles. The van der Waals surface area contributed by atoms with Crippen LogP contribution in [0.2, 0.25) is 5.02 Å². The summed E-state index contributed by atoms with van der Waals surface area (Å²) < 4.78 is 29.1. The van der Waals surface area contributed by atoms with Crippen LogP contribution in [-0.2, 0) is 14.6 Å². The van der Waals surface area contributed by atoms with Crippen LogP contribution in [0.15, 0.2) is 24.3 Å². The Morgan fingerprint density at radius 3 is 2.41 bits per heavy atom. The van der Waals surface area contributed by atoms with Crippen LogP contribution in [0.4, 0.5) is 0 Å². The largest absolute Gasteiger partial charge is 0.484 e. The van der Waals surface area contributed by atoms with Gasteiger partial charge in [0.15, 0.2) is 16.4 Å². The van der Waals surface area contributed by atoms with Gasteiger partial charge in [0.2, 0.25) is 0 Å². The number of carbonyl (C=O) groups excluding carboxylic acids is 1. The van der Waals surface area contributed by atoms with Crippen molar-refractivity contribution in [3.63, 3.8) is 0 Å². The van der Waals surface area contributed by atoms with Crippen molar-refractivity contribution in [1.29, 1.82) is 0 Å². The maximum atomic E-state index is 12.1. The van der Waals surface area contributed by atoms with Crippen molar-refractivity contribution in [3.05, 3.63) is 29.3 Å². The molecule has 122 valence electrons. The fraction of sp³-hybridized carbons (Fsp3) is 0.533. The topological polar surface area (TPSA) is 63.7 Å². The van der Waals surface area contributed by atoms with E-state index < -0.39 is 9.84 Å². The predicted molar refractivity (Wildman–Crippen MR) is 86.0 cm³/mol. The molecule has 2 rings (SSSR count). The Labute approximate surface area is 136 Å². The highest BCUT2D eigenvalue weighted by Gasteiger charge is 2.30. The molecule has 1 amide bonds. The van der Waals surface area contributed by atoms with Crippen molar-refractivity contribution in [3.8, 4) is 5.75 Å². The van der Waals surface area contributed by atoms with Gasteiger partial charge in [0.05, 0.1) is 5.25 Å². The zero-order valence-electron chi connectivity index (χ0n) is 12.5. The Morgan fingerprint density at radius 1 is 1.27 bits per heavy atom. The molecule has 0 bridgehead atoms. The summed E-state index contributed by atoms with van der Waals surface area (Å²) >= 11 is 5.78. The highest BCUT2D eigenvalue weighted by molar-refractivity contribution is 7.92. The van der Waals surface area contributed by atoms with E-state index in [1.807, 2.05) is 0 Å². The standard InChI is InChI=1S/C15H20ClNO4S/c1-2-22(19,20)14-7-9-17(10-8-14)15(18)11-21-13-5-3-12(16)4-6-13/h3-6,14H,2,7-11H2,1H3. The second-order valence-corrected chi connectivity index (χ2v) is 8.28. The Bertz CT molecular complexity index is 607. The third-order valence-corrected chi connectivity index (χ3v) is 6.42. The molecule has 1 aliphatic rings. The van der Waals surface area contributed by atoms with Gasteiger partial charge in [0, 0.05) is 23.9 Å². The summed E-state index contributed by atoms with van der Waals surface area (Å²) in [7, 11) is -3.01. The summed E-state index contributed by atoms with van der Waals surface area (Å²) in [5.74, 6) is 0.620. The number of amides is 1. The number of carbonyl (C=O) groups is 1. The van der Waals surface area contributed by atoms with Crippen LogP contribution in [0.1, 0.15) is 19.8 Å². The van der Waals surface area contributed by atoms with Crippen LogP contribution in [0, 0.1) is 0 Å². The predicted octanol–water partition coefficient (Wildman–Crippen LogP) is 2.14. The molecule has 22 heavy (non-hydrogen) atoms. The fourth-order valence-corrected chi connectivity index (χ4v) is 3.99. The van der Waals surface area contributed by atoms with Crippen molar-refractivity contribution >= 4 is 27.3 Å². The lowest BCUT2D eigenvalue weighted by Gasteiger charge is -2.31. The van der Waals surface area contributed by atoms with Gasteiger partial charge in [-0.2, -0.15) is 0 Å². The maximum absolute atomic E-state index is 12.1. The van der Waals surface area contributed by atoms with Crippen LogP contribution in [0.25, 0.3) is 0 Å². The fourth-order valence-electron chi connectivity index (χ4n) is 2.47. The molecular formula is C15H20ClNO4S. The van der Waals surface area contributed by atoms with Crippen molar-refractivity contribution in [2.24, 2.45) is 0 Å². The third-order valence-electron chi connectivity index (χ3n) is 3.88. The lowest BCUT2D eigenvalue weighted by Crippen LogP contribution is -2.44. The van der Waals surface area contributed by atoms with Gasteiger partial charge in [-0.3, -0.25) is 4.79 Å². The molecule has 1 aromatic rings. The molecule has 0 radical (unpaired) electrons. The molecule has 1 heterocycles. The minimum absolute atomic E-state index is 0.0488. The number of piperidine rings is 1. The summed E-state index contributed by atoms with van der Waals surface area (Å²) in [5, 5.41) is 0.289. The van der Waals surface area contributed by atoms with E-state index in [0.29, 0.717) is 36.7 Å². The van der Waals surface area contributed by atoms with E-state index in [4.69, 9.17) is 16.3 Å². The smallest absolute Gasteiger partial charge is 0.260 e. The molecule has 0 aromatic heterocycles. The highest BCUT2D eigenvalue weighted by Crippen LogP contribution is 2.19. The second kappa shape index (κ2) is 7.33. The number of sulfone groups is 1. The van der Waals surface area contributed by atoms with E-state index in [-0.39, 0.29) is 23.5 Å². The number of ether oxygens (including phenoxy) is 1. The molecule has 0 aliphatic carbocycles. The van der Waals surface area contributed by atoms with Crippen molar-refractivity contribution in [2.75, 3.05) is 25.4 Å². The molecule has 1 fully saturated rings.